The second-order valence-corrected chi connectivity index (χ2v) is 8.59. The zero-order valence-corrected chi connectivity index (χ0v) is 14.7. The van der Waals surface area contributed by atoms with E-state index in [1.54, 1.807) is 32.9 Å². The van der Waals surface area contributed by atoms with E-state index in [0.29, 0.717) is 5.69 Å². The molecule has 0 radical (unpaired) electrons. The molecule has 1 N–H and O–H groups in total. The summed E-state index contributed by atoms with van der Waals surface area (Å²) in [6.07, 6.45) is 2.33. The van der Waals surface area contributed by atoms with E-state index >= 15 is 0 Å². The van der Waals surface area contributed by atoms with Gasteiger partial charge in [0.25, 0.3) is 10.1 Å². The summed E-state index contributed by atoms with van der Waals surface area (Å²) in [5.41, 5.74) is 0.859. The van der Waals surface area contributed by atoms with E-state index < -0.39 is 21.8 Å². The molecule has 0 spiro atoms. The van der Waals surface area contributed by atoms with Crippen LogP contribution in [0.15, 0.2) is 24.3 Å². The quantitative estimate of drug-likeness (QED) is 0.833. The van der Waals surface area contributed by atoms with Gasteiger partial charge >= 0.3 is 6.09 Å². The minimum atomic E-state index is -3.44. The normalized spacial score (nSPS) is 16.7. The molecule has 23 heavy (non-hydrogen) atoms. The van der Waals surface area contributed by atoms with Crippen LogP contribution in [0.4, 0.5) is 10.5 Å². The SMILES string of the molecule is CC(C)(C)OC(=O)Nc1ccc(C2(COS(C)(=O)=O)CC2)cc1. The largest absolute Gasteiger partial charge is 0.444 e. The zero-order chi connectivity index (χ0) is 17.3. The Morgan fingerprint density at radius 2 is 1.78 bits per heavy atom. The van der Waals surface area contributed by atoms with Crippen molar-refractivity contribution in [3.05, 3.63) is 29.8 Å². The fraction of sp³-hybridized carbons (Fsp3) is 0.562. The third-order valence-corrected chi connectivity index (χ3v) is 4.09. The molecule has 0 saturated heterocycles. The Balaban J connectivity index is 1.98. The summed E-state index contributed by atoms with van der Waals surface area (Å²) in [5.74, 6) is 0. The van der Waals surface area contributed by atoms with Gasteiger partial charge in [0.05, 0.1) is 12.9 Å². The second kappa shape index (κ2) is 6.13. The molecule has 6 nitrogen and oxygen atoms in total. The van der Waals surface area contributed by atoms with E-state index in [1.807, 2.05) is 12.1 Å². The van der Waals surface area contributed by atoms with Crippen molar-refractivity contribution in [2.24, 2.45) is 0 Å². The van der Waals surface area contributed by atoms with Gasteiger partial charge in [0.1, 0.15) is 5.60 Å². The van der Waals surface area contributed by atoms with Crippen molar-refractivity contribution >= 4 is 21.9 Å². The average molecular weight is 341 g/mol. The molecule has 1 aliphatic carbocycles. The van der Waals surface area contributed by atoms with Crippen LogP contribution in [-0.4, -0.2) is 33.0 Å². The topological polar surface area (TPSA) is 81.7 Å². The molecule has 2 rings (SSSR count). The Hall–Kier alpha value is -1.60. The number of rotatable bonds is 5. The van der Waals surface area contributed by atoms with Crippen LogP contribution < -0.4 is 5.32 Å². The molecule has 1 aliphatic rings. The maximum Gasteiger partial charge on any atom is 0.412 e. The van der Waals surface area contributed by atoms with Crippen molar-refractivity contribution in [2.75, 3.05) is 18.2 Å². The van der Waals surface area contributed by atoms with Crippen molar-refractivity contribution < 1.29 is 22.1 Å². The number of benzene rings is 1. The molecule has 1 aromatic carbocycles. The van der Waals surface area contributed by atoms with Gasteiger partial charge in [0.2, 0.25) is 0 Å². The average Bonchev–Trinajstić information content (AvgIpc) is 3.15. The molecule has 0 aromatic heterocycles. The fourth-order valence-electron chi connectivity index (χ4n) is 2.22. The van der Waals surface area contributed by atoms with Crippen molar-refractivity contribution in [2.45, 2.75) is 44.6 Å². The van der Waals surface area contributed by atoms with Gasteiger partial charge < -0.3 is 4.74 Å². The second-order valence-electron chi connectivity index (χ2n) is 6.95. The van der Waals surface area contributed by atoms with Crippen LogP contribution in [0.1, 0.15) is 39.2 Å². The predicted molar refractivity (Wildman–Crippen MR) is 88.0 cm³/mol. The molecular weight excluding hydrogens is 318 g/mol. The molecule has 1 fully saturated rings. The Morgan fingerprint density at radius 1 is 1.22 bits per heavy atom. The first kappa shape index (κ1) is 17.7. The molecule has 1 aromatic rings. The molecule has 1 saturated carbocycles. The lowest BCUT2D eigenvalue weighted by Gasteiger charge is -2.20. The summed E-state index contributed by atoms with van der Waals surface area (Å²) in [4.78, 5) is 11.7. The van der Waals surface area contributed by atoms with E-state index in [4.69, 9.17) is 8.92 Å². The first-order valence-corrected chi connectivity index (χ1v) is 9.26. The lowest BCUT2D eigenvalue weighted by atomic mass is 9.97. The Morgan fingerprint density at radius 3 is 2.22 bits per heavy atom. The number of carbonyl (C=O) groups excluding carboxylic acids is 1. The first-order chi connectivity index (χ1) is 10.5. The number of ether oxygens (including phenoxy) is 1. The standard InChI is InChI=1S/C16H23NO5S/c1-15(2,3)22-14(18)17-13-7-5-12(6-8-13)16(9-10-16)11-21-23(4,19)20/h5-8H,9-11H2,1-4H3,(H,17,18). The van der Waals surface area contributed by atoms with Crippen LogP contribution in [0.5, 0.6) is 0 Å². The van der Waals surface area contributed by atoms with E-state index in [9.17, 15) is 13.2 Å². The van der Waals surface area contributed by atoms with Gasteiger partial charge in [-0.1, -0.05) is 12.1 Å². The van der Waals surface area contributed by atoms with E-state index in [1.165, 1.54) is 0 Å². The first-order valence-electron chi connectivity index (χ1n) is 7.44. The highest BCUT2D eigenvalue weighted by Crippen LogP contribution is 2.48. The van der Waals surface area contributed by atoms with Gasteiger partial charge in [-0.05, 0) is 51.3 Å². The van der Waals surface area contributed by atoms with Gasteiger partial charge in [-0.3, -0.25) is 9.50 Å². The van der Waals surface area contributed by atoms with Crippen LogP contribution in [0.2, 0.25) is 0 Å². The van der Waals surface area contributed by atoms with Crippen LogP contribution in [0.3, 0.4) is 0 Å². The Labute approximate surface area is 137 Å². The highest BCUT2D eigenvalue weighted by molar-refractivity contribution is 7.85. The molecule has 0 unspecified atom stereocenters. The number of hydrogen-bond acceptors (Lipinski definition) is 5. The number of hydrogen-bond donors (Lipinski definition) is 1. The molecule has 7 heteroatoms. The number of anilines is 1. The summed E-state index contributed by atoms with van der Waals surface area (Å²) in [6.45, 7) is 5.56. The third kappa shape index (κ3) is 5.51. The van der Waals surface area contributed by atoms with E-state index in [-0.39, 0.29) is 12.0 Å². The summed E-state index contributed by atoms with van der Waals surface area (Å²) in [6, 6.07) is 7.32. The summed E-state index contributed by atoms with van der Waals surface area (Å²) >= 11 is 0. The lowest BCUT2D eigenvalue weighted by molar-refractivity contribution is 0.0636. The van der Waals surface area contributed by atoms with Crippen molar-refractivity contribution in [3.63, 3.8) is 0 Å². The maximum absolute atomic E-state index is 11.7. The van der Waals surface area contributed by atoms with Gasteiger partial charge in [-0.15, -0.1) is 0 Å². The van der Waals surface area contributed by atoms with Gasteiger partial charge in [-0.25, -0.2) is 4.79 Å². The van der Waals surface area contributed by atoms with Gasteiger partial charge in [-0.2, -0.15) is 8.42 Å². The molecule has 128 valence electrons. The van der Waals surface area contributed by atoms with E-state index in [0.717, 1.165) is 24.7 Å². The van der Waals surface area contributed by atoms with Crippen molar-refractivity contribution in [3.8, 4) is 0 Å². The van der Waals surface area contributed by atoms with Crippen LogP contribution in [0, 0.1) is 0 Å². The van der Waals surface area contributed by atoms with E-state index in [2.05, 4.69) is 5.32 Å². The smallest absolute Gasteiger partial charge is 0.412 e. The highest BCUT2D eigenvalue weighted by atomic mass is 32.2. The minimum absolute atomic E-state index is 0.157. The Kier molecular flexibility index (Phi) is 4.73. The predicted octanol–water partition coefficient (Wildman–Crippen LogP) is 3.04. The molecule has 0 atom stereocenters. The van der Waals surface area contributed by atoms with Crippen molar-refractivity contribution in [1.82, 2.24) is 0 Å². The summed E-state index contributed by atoms with van der Waals surface area (Å²) in [5, 5.41) is 2.67. The lowest BCUT2D eigenvalue weighted by Crippen LogP contribution is -2.27. The van der Waals surface area contributed by atoms with Gasteiger partial charge in [0, 0.05) is 11.1 Å². The number of amides is 1. The summed E-state index contributed by atoms with van der Waals surface area (Å²) in [7, 11) is -3.44. The molecule has 1 amide bonds. The third-order valence-electron chi connectivity index (χ3n) is 3.55. The molecule has 0 bridgehead atoms. The number of nitrogens with one attached hydrogen (secondary N) is 1. The van der Waals surface area contributed by atoms with Crippen molar-refractivity contribution in [1.29, 1.82) is 0 Å². The van der Waals surface area contributed by atoms with Crippen LogP contribution in [-0.2, 0) is 24.5 Å². The fourth-order valence-corrected chi connectivity index (χ4v) is 2.66. The highest BCUT2D eigenvalue weighted by Gasteiger charge is 2.45. The monoisotopic (exact) mass is 341 g/mol. The van der Waals surface area contributed by atoms with Crippen LogP contribution >= 0.6 is 0 Å². The molecule has 0 aliphatic heterocycles. The maximum atomic E-state index is 11.7. The molecule has 0 heterocycles. The Bertz CT molecular complexity index is 669. The summed E-state index contributed by atoms with van der Waals surface area (Å²) < 4.78 is 32.4. The van der Waals surface area contributed by atoms with Crippen LogP contribution in [0.25, 0.3) is 0 Å². The zero-order valence-electron chi connectivity index (χ0n) is 13.9. The number of carbonyl (C=O) groups is 1. The van der Waals surface area contributed by atoms with Gasteiger partial charge in [0.15, 0.2) is 0 Å². The molecular formula is C16H23NO5S. The minimum Gasteiger partial charge on any atom is -0.444 e.